The molecular weight excluding hydrogens is 250 g/mol. The number of fused-ring (bicyclic) bond motifs is 1. The van der Waals surface area contributed by atoms with Crippen molar-refractivity contribution in [1.82, 2.24) is 5.32 Å². The second-order valence-electron chi connectivity index (χ2n) is 6.21. The molecule has 0 spiro atoms. The lowest BCUT2D eigenvalue weighted by atomic mass is 9.97. The molecular formula is C17H27NO2. The first-order chi connectivity index (χ1) is 9.61. The molecule has 0 aromatic heterocycles. The van der Waals surface area contributed by atoms with Crippen LogP contribution in [0.1, 0.15) is 50.3 Å². The van der Waals surface area contributed by atoms with E-state index in [2.05, 4.69) is 44.3 Å². The van der Waals surface area contributed by atoms with Gasteiger partial charge >= 0.3 is 0 Å². The molecule has 0 saturated heterocycles. The zero-order valence-corrected chi connectivity index (χ0v) is 12.9. The van der Waals surface area contributed by atoms with E-state index < -0.39 is 0 Å². The van der Waals surface area contributed by atoms with Crippen molar-refractivity contribution in [2.24, 2.45) is 5.92 Å². The van der Waals surface area contributed by atoms with Gasteiger partial charge in [-0.1, -0.05) is 32.0 Å². The van der Waals surface area contributed by atoms with Crippen LogP contribution in [0.25, 0.3) is 0 Å². The number of ether oxygens (including phenoxy) is 1. The van der Waals surface area contributed by atoms with Gasteiger partial charge in [-0.15, -0.1) is 0 Å². The summed E-state index contributed by atoms with van der Waals surface area (Å²) in [5.74, 6) is 1.61. The van der Waals surface area contributed by atoms with Gasteiger partial charge in [0.05, 0.1) is 13.2 Å². The molecule has 3 nitrogen and oxygen atoms in total. The molecule has 3 heteroatoms. The summed E-state index contributed by atoms with van der Waals surface area (Å²) >= 11 is 0. The number of nitrogens with one attached hydrogen (secondary N) is 1. The van der Waals surface area contributed by atoms with Crippen molar-refractivity contribution >= 4 is 0 Å². The molecule has 1 aliphatic rings. The van der Waals surface area contributed by atoms with Gasteiger partial charge in [-0.3, -0.25) is 0 Å². The summed E-state index contributed by atoms with van der Waals surface area (Å²) in [5.41, 5.74) is 2.44. The van der Waals surface area contributed by atoms with Crippen LogP contribution in [0.4, 0.5) is 0 Å². The van der Waals surface area contributed by atoms with E-state index in [0.29, 0.717) is 5.92 Å². The fourth-order valence-electron chi connectivity index (χ4n) is 2.99. The van der Waals surface area contributed by atoms with E-state index in [-0.39, 0.29) is 18.7 Å². The molecule has 0 amide bonds. The van der Waals surface area contributed by atoms with Crippen molar-refractivity contribution in [3.05, 3.63) is 29.3 Å². The minimum Gasteiger partial charge on any atom is -0.493 e. The molecule has 1 aromatic rings. The predicted octanol–water partition coefficient (Wildman–Crippen LogP) is 3.21. The van der Waals surface area contributed by atoms with Gasteiger partial charge < -0.3 is 15.2 Å². The highest BCUT2D eigenvalue weighted by atomic mass is 16.5. The number of rotatable bonds is 5. The van der Waals surface area contributed by atoms with Crippen LogP contribution in [0.2, 0.25) is 0 Å². The van der Waals surface area contributed by atoms with Gasteiger partial charge in [0.2, 0.25) is 0 Å². The zero-order valence-electron chi connectivity index (χ0n) is 12.9. The smallest absolute Gasteiger partial charge is 0.126 e. The molecule has 0 bridgehead atoms. The van der Waals surface area contributed by atoms with E-state index in [0.717, 1.165) is 31.6 Å². The molecule has 1 aromatic carbocycles. The molecule has 0 radical (unpaired) electrons. The van der Waals surface area contributed by atoms with Crippen molar-refractivity contribution < 1.29 is 9.84 Å². The van der Waals surface area contributed by atoms with Gasteiger partial charge in [0.1, 0.15) is 5.75 Å². The Hall–Kier alpha value is -1.06. The molecule has 0 saturated carbocycles. The number of benzene rings is 1. The molecule has 2 unspecified atom stereocenters. The van der Waals surface area contributed by atoms with Crippen LogP contribution in [0, 0.1) is 12.8 Å². The Kier molecular flexibility index (Phi) is 5.44. The summed E-state index contributed by atoms with van der Waals surface area (Å²) in [5, 5.41) is 13.2. The second kappa shape index (κ2) is 7.09. The maximum atomic E-state index is 9.58. The van der Waals surface area contributed by atoms with Crippen molar-refractivity contribution in [1.29, 1.82) is 0 Å². The summed E-state index contributed by atoms with van der Waals surface area (Å²) in [4.78, 5) is 0. The van der Waals surface area contributed by atoms with Gasteiger partial charge in [-0.25, -0.2) is 0 Å². The molecule has 20 heavy (non-hydrogen) atoms. The van der Waals surface area contributed by atoms with Gasteiger partial charge in [-0.2, -0.15) is 0 Å². The van der Waals surface area contributed by atoms with Crippen LogP contribution < -0.4 is 10.1 Å². The Morgan fingerprint density at radius 2 is 2.20 bits per heavy atom. The van der Waals surface area contributed by atoms with E-state index in [1.807, 2.05) is 0 Å². The molecule has 1 aliphatic heterocycles. The van der Waals surface area contributed by atoms with Crippen LogP contribution in [0.5, 0.6) is 5.75 Å². The van der Waals surface area contributed by atoms with E-state index in [4.69, 9.17) is 4.74 Å². The molecule has 2 N–H and O–H groups in total. The Balaban J connectivity index is 2.17. The van der Waals surface area contributed by atoms with Crippen LogP contribution in [0.3, 0.4) is 0 Å². The predicted molar refractivity (Wildman–Crippen MR) is 82.1 cm³/mol. The first-order valence-corrected chi connectivity index (χ1v) is 7.71. The fourth-order valence-corrected chi connectivity index (χ4v) is 2.99. The van der Waals surface area contributed by atoms with Gasteiger partial charge in [0.15, 0.2) is 0 Å². The van der Waals surface area contributed by atoms with Gasteiger partial charge in [0, 0.05) is 17.6 Å². The average molecular weight is 277 g/mol. The minimum atomic E-state index is 0.159. The van der Waals surface area contributed by atoms with Crippen molar-refractivity contribution in [3.8, 4) is 5.75 Å². The van der Waals surface area contributed by atoms with Crippen molar-refractivity contribution in [3.63, 3.8) is 0 Å². The lowest BCUT2D eigenvalue weighted by Crippen LogP contribution is -2.36. The topological polar surface area (TPSA) is 41.5 Å². The first kappa shape index (κ1) is 15.3. The number of hydrogen-bond acceptors (Lipinski definition) is 3. The van der Waals surface area contributed by atoms with Crippen molar-refractivity contribution in [2.45, 2.75) is 52.1 Å². The Bertz CT molecular complexity index is 431. The third-order valence-corrected chi connectivity index (χ3v) is 3.91. The molecule has 0 aliphatic carbocycles. The lowest BCUT2D eigenvalue weighted by molar-refractivity contribution is 0.210. The first-order valence-electron chi connectivity index (χ1n) is 7.71. The number of aliphatic hydroxyl groups excluding tert-OH is 1. The monoisotopic (exact) mass is 277 g/mol. The SMILES string of the molecule is Cc1cccc2c1OCCCC2NC(CO)CC(C)C. The zero-order chi connectivity index (χ0) is 14.5. The van der Waals surface area contributed by atoms with Gasteiger partial charge in [0.25, 0.3) is 0 Å². The summed E-state index contributed by atoms with van der Waals surface area (Å²) < 4.78 is 5.90. The standard InChI is InChI=1S/C17H27NO2/c1-12(2)10-14(11-19)18-16-8-5-9-20-17-13(3)6-4-7-15(16)17/h4,6-7,12,14,16,18-19H,5,8-11H2,1-3H3. The minimum absolute atomic E-state index is 0.159. The van der Waals surface area contributed by atoms with E-state index >= 15 is 0 Å². The maximum Gasteiger partial charge on any atom is 0.126 e. The largest absolute Gasteiger partial charge is 0.493 e. The summed E-state index contributed by atoms with van der Waals surface area (Å²) in [6.45, 7) is 7.46. The van der Waals surface area contributed by atoms with Crippen LogP contribution in [-0.2, 0) is 0 Å². The van der Waals surface area contributed by atoms with Crippen LogP contribution >= 0.6 is 0 Å². The fraction of sp³-hybridized carbons (Fsp3) is 0.647. The normalized spacial score (nSPS) is 20.1. The quantitative estimate of drug-likeness (QED) is 0.868. The summed E-state index contributed by atoms with van der Waals surface area (Å²) in [6.07, 6.45) is 3.10. The third-order valence-electron chi connectivity index (χ3n) is 3.91. The highest BCUT2D eigenvalue weighted by Crippen LogP contribution is 2.34. The van der Waals surface area contributed by atoms with Crippen LogP contribution in [-0.4, -0.2) is 24.4 Å². The number of para-hydroxylation sites is 1. The average Bonchev–Trinajstić information content (AvgIpc) is 2.61. The van der Waals surface area contributed by atoms with E-state index in [9.17, 15) is 5.11 Å². The third kappa shape index (κ3) is 3.74. The van der Waals surface area contributed by atoms with E-state index in [1.54, 1.807) is 0 Å². The summed E-state index contributed by atoms with van der Waals surface area (Å²) in [7, 11) is 0. The second-order valence-corrected chi connectivity index (χ2v) is 6.21. The van der Waals surface area contributed by atoms with Gasteiger partial charge in [-0.05, 0) is 37.7 Å². The highest BCUT2D eigenvalue weighted by molar-refractivity contribution is 5.43. The molecule has 0 fully saturated rings. The number of aryl methyl sites for hydroxylation is 1. The highest BCUT2D eigenvalue weighted by Gasteiger charge is 2.23. The van der Waals surface area contributed by atoms with E-state index in [1.165, 1.54) is 11.1 Å². The molecule has 2 atom stereocenters. The van der Waals surface area contributed by atoms with Crippen LogP contribution in [0.15, 0.2) is 18.2 Å². The number of hydrogen-bond donors (Lipinski definition) is 2. The number of aliphatic hydroxyl groups is 1. The summed E-state index contributed by atoms with van der Waals surface area (Å²) in [6, 6.07) is 6.77. The Morgan fingerprint density at radius 3 is 2.90 bits per heavy atom. The van der Waals surface area contributed by atoms with Crippen molar-refractivity contribution in [2.75, 3.05) is 13.2 Å². The molecule has 112 valence electrons. The Morgan fingerprint density at radius 1 is 1.40 bits per heavy atom. The maximum absolute atomic E-state index is 9.58. The lowest BCUT2D eigenvalue weighted by Gasteiger charge is -2.26. The molecule has 1 heterocycles. The molecule has 2 rings (SSSR count). The Labute approximate surface area is 122 Å².